The molecule has 4 aromatic rings. The van der Waals surface area contributed by atoms with Crippen molar-refractivity contribution in [2.45, 2.75) is 45.3 Å². The van der Waals surface area contributed by atoms with Crippen molar-refractivity contribution in [1.82, 2.24) is 0 Å². The highest BCUT2D eigenvalue weighted by atomic mass is 16.5. The summed E-state index contributed by atoms with van der Waals surface area (Å²) in [6.45, 7) is 2.96. The van der Waals surface area contributed by atoms with Gasteiger partial charge in [-0.3, -0.25) is 9.59 Å². The molecule has 2 aliphatic rings. The second-order valence-corrected chi connectivity index (χ2v) is 10.5. The van der Waals surface area contributed by atoms with Crippen LogP contribution >= 0.6 is 0 Å². The van der Waals surface area contributed by atoms with E-state index in [9.17, 15) is 30.0 Å². The smallest absolute Gasteiger partial charge is 0.174 e. The Balaban J connectivity index is 1.52. The number of fused-ring (bicyclic) bond motifs is 2. The van der Waals surface area contributed by atoms with E-state index in [-0.39, 0.29) is 98.7 Å². The van der Waals surface area contributed by atoms with Gasteiger partial charge in [0.05, 0.1) is 12.8 Å². The summed E-state index contributed by atoms with van der Waals surface area (Å²) >= 11 is 0. The van der Waals surface area contributed by atoms with Gasteiger partial charge >= 0.3 is 0 Å². The topological polar surface area (TPSA) is 134 Å². The third-order valence-electron chi connectivity index (χ3n) is 7.98. The maximum absolute atomic E-state index is 13.3. The first-order valence-corrected chi connectivity index (χ1v) is 13.3. The Kier molecular flexibility index (Phi) is 6.33. The molecule has 2 aliphatic heterocycles. The molecule has 208 valence electrons. The molecule has 0 saturated carbocycles. The van der Waals surface area contributed by atoms with E-state index >= 15 is 0 Å². The highest BCUT2D eigenvalue weighted by Crippen LogP contribution is 2.52. The lowest BCUT2D eigenvalue weighted by molar-refractivity contribution is 0.0835. The van der Waals surface area contributed by atoms with E-state index in [1.807, 2.05) is 60.7 Å². The van der Waals surface area contributed by atoms with Gasteiger partial charge in [-0.15, -0.1) is 0 Å². The molecule has 41 heavy (non-hydrogen) atoms. The van der Waals surface area contributed by atoms with Crippen molar-refractivity contribution in [1.29, 1.82) is 0 Å². The van der Waals surface area contributed by atoms with Crippen molar-refractivity contribution < 1.29 is 39.5 Å². The molecule has 0 spiro atoms. The van der Waals surface area contributed by atoms with Gasteiger partial charge < -0.3 is 29.9 Å². The van der Waals surface area contributed by atoms with Gasteiger partial charge in [0.1, 0.15) is 57.8 Å². The van der Waals surface area contributed by atoms with Crippen molar-refractivity contribution in [2.75, 3.05) is 0 Å². The predicted molar refractivity (Wildman–Crippen MR) is 149 cm³/mol. The second kappa shape index (κ2) is 9.89. The van der Waals surface area contributed by atoms with Gasteiger partial charge in [-0.25, -0.2) is 0 Å². The van der Waals surface area contributed by atoms with Crippen LogP contribution in [0.3, 0.4) is 0 Å². The highest BCUT2D eigenvalue weighted by molar-refractivity contribution is 6.05. The minimum Gasteiger partial charge on any atom is -0.507 e. The van der Waals surface area contributed by atoms with Gasteiger partial charge in [0.15, 0.2) is 11.6 Å². The van der Waals surface area contributed by atoms with Crippen LogP contribution in [0, 0.1) is 13.8 Å². The molecule has 0 amide bonds. The monoisotopic (exact) mass is 552 g/mol. The molecule has 2 unspecified atom stereocenters. The number of carbonyl (C=O) groups excluding carboxylic acids is 2. The van der Waals surface area contributed by atoms with Crippen LogP contribution in [0.5, 0.6) is 34.5 Å². The van der Waals surface area contributed by atoms with Crippen LogP contribution in [0.15, 0.2) is 60.7 Å². The number of phenols is 4. The zero-order valence-corrected chi connectivity index (χ0v) is 22.5. The zero-order valence-electron chi connectivity index (χ0n) is 22.5. The fraction of sp³-hybridized carbons (Fsp3) is 0.212. The maximum atomic E-state index is 13.3. The molecule has 0 saturated heterocycles. The number of ketones is 2. The Labute approximate surface area is 236 Å². The Morgan fingerprint density at radius 1 is 0.610 bits per heavy atom. The summed E-state index contributed by atoms with van der Waals surface area (Å²) in [5, 5.41) is 44.2. The molecule has 0 radical (unpaired) electrons. The minimum atomic E-state index is -0.666. The summed E-state index contributed by atoms with van der Waals surface area (Å²) in [5.74, 6) is -2.10. The van der Waals surface area contributed by atoms with Crippen LogP contribution in [0.1, 0.15) is 79.1 Å². The number of hydrogen-bond acceptors (Lipinski definition) is 8. The summed E-state index contributed by atoms with van der Waals surface area (Å²) in [6.07, 6.45) is -1.57. The number of carbonyl (C=O) groups is 2. The van der Waals surface area contributed by atoms with Gasteiger partial charge in [-0.2, -0.15) is 0 Å². The summed E-state index contributed by atoms with van der Waals surface area (Å²) in [4.78, 5) is 26.7. The zero-order chi connectivity index (χ0) is 29.0. The molecular formula is C33H28O8. The van der Waals surface area contributed by atoms with Gasteiger partial charge in [-0.1, -0.05) is 60.7 Å². The standard InChI is InChI=1S/C33H28O8/c1-16-28(36)20(32-26(30(16)38)22(34)14-24(40-32)18-9-5-3-6-10-18)13-21-29(37)17(2)31(39)27-23(35)15-25(41-33(21)27)19-11-7-4-8-12-19/h3-12,24-25,36-39H,13-15H2,1-2H3. The van der Waals surface area contributed by atoms with Crippen LogP contribution in [-0.2, 0) is 6.42 Å². The third kappa shape index (κ3) is 4.23. The highest BCUT2D eigenvalue weighted by Gasteiger charge is 2.38. The van der Waals surface area contributed by atoms with E-state index in [4.69, 9.17) is 9.47 Å². The lowest BCUT2D eigenvalue weighted by Crippen LogP contribution is -2.23. The molecule has 2 heterocycles. The Bertz CT molecular complexity index is 1580. The van der Waals surface area contributed by atoms with E-state index < -0.39 is 12.2 Å². The SMILES string of the molecule is Cc1c(O)c(Cc2c(O)c(C)c(O)c3c2OC(c2ccccc2)CC3=O)c2c(c1O)C(=O)CC(c1ccccc1)O2. The fourth-order valence-corrected chi connectivity index (χ4v) is 5.68. The van der Waals surface area contributed by atoms with Crippen LogP contribution in [0.2, 0.25) is 0 Å². The van der Waals surface area contributed by atoms with Crippen molar-refractivity contribution in [3.05, 3.63) is 105 Å². The average Bonchev–Trinajstić information content (AvgIpc) is 2.98. The first-order valence-electron chi connectivity index (χ1n) is 13.3. The van der Waals surface area contributed by atoms with Gasteiger partial charge in [-0.05, 0) is 25.0 Å². The summed E-state index contributed by atoms with van der Waals surface area (Å²) in [5.41, 5.74) is 1.84. The number of aromatic hydroxyl groups is 4. The molecule has 4 aromatic carbocycles. The van der Waals surface area contributed by atoms with Crippen molar-refractivity contribution >= 4 is 11.6 Å². The first-order chi connectivity index (χ1) is 19.7. The molecule has 8 heteroatoms. The summed E-state index contributed by atoms with van der Waals surface area (Å²) in [7, 11) is 0. The number of benzene rings is 4. The Morgan fingerprint density at radius 2 is 0.976 bits per heavy atom. The molecule has 0 fully saturated rings. The van der Waals surface area contributed by atoms with Crippen molar-refractivity contribution in [3.8, 4) is 34.5 Å². The Hall–Kier alpha value is -4.98. The van der Waals surface area contributed by atoms with Crippen LogP contribution < -0.4 is 9.47 Å². The van der Waals surface area contributed by atoms with E-state index in [1.165, 1.54) is 13.8 Å². The van der Waals surface area contributed by atoms with Crippen molar-refractivity contribution in [3.63, 3.8) is 0 Å². The second-order valence-electron chi connectivity index (χ2n) is 10.5. The lowest BCUT2D eigenvalue weighted by Gasteiger charge is -2.31. The number of phenolic OH excluding ortho intramolecular Hbond substituents is 4. The van der Waals surface area contributed by atoms with E-state index in [2.05, 4.69) is 0 Å². The van der Waals surface area contributed by atoms with Gasteiger partial charge in [0.2, 0.25) is 0 Å². The number of Topliss-reactive ketones (excluding diaryl/α,β-unsaturated/α-hetero) is 2. The normalized spacial score (nSPS) is 17.8. The van der Waals surface area contributed by atoms with Crippen LogP contribution in [0.25, 0.3) is 0 Å². The molecule has 6 rings (SSSR count). The fourth-order valence-electron chi connectivity index (χ4n) is 5.68. The van der Waals surface area contributed by atoms with Gasteiger partial charge in [0, 0.05) is 28.7 Å². The molecular weight excluding hydrogens is 524 g/mol. The summed E-state index contributed by atoms with van der Waals surface area (Å²) in [6, 6.07) is 18.3. The quantitative estimate of drug-likeness (QED) is 0.238. The van der Waals surface area contributed by atoms with E-state index in [1.54, 1.807) is 0 Å². The predicted octanol–water partition coefficient (Wildman–Crippen LogP) is 6.13. The Morgan fingerprint density at radius 3 is 1.34 bits per heavy atom. The number of hydrogen-bond donors (Lipinski definition) is 4. The molecule has 0 aliphatic carbocycles. The largest absolute Gasteiger partial charge is 0.507 e. The molecule has 2 atom stereocenters. The third-order valence-corrected chi connectivity index (χ3v) is 7.98. The first kappa shape index (κ1) is 26.3. The van der Waals surface area contributed by atoms with E-state index in [0.29, 0.717) is 0 Å². The number of rotatable bonds is 4. The van der Waals surface area contributed by atoms with Crippen LogP contribution in [-0.4, -0.2) is 32.0 Å². The maximum Gasteiger partial charge on any atom is 0.174 e. The molecule has 0 aromatic heterocycles. The molecule has 0 bridgehead atoms. The summed E-state index contributed by atoms with van der Waals surface area (Å²) < 4.78 is 12.6. The molecule has 4 N–H and O–H groups in total. The van der Waals surface area contributed by atoms with Crippen molar-refractivity contribution in [2.24, 2.45) is 0 Å². The van der Waals surface area contributed by atoms with Gasteiger partial charge in [0.25, 0.3) is 0 Å². The lowest BCUT2D eigenvalue weighted by atomic mass is 9.86. The van der Waals surface area contributed by atoms with Crippen LogP contribution in [0.4, 0.5) is 0 Å². The number of ether oxygens (including phenoxy) is 2. The van der Waals surface area contributed by atoms with E-state index in [0.717, 1.165) is 11.1 Å². The average molecular weight is 553 g/mol. The molecule has 8 nitrogen and oxygen atoms in total. The minimum absolute atomic E-state index is 0.00340.